The first-order valence-corrected chi connectivity index (χ1v) is 12.2. The van der Waals surface area contributed by atoms with Crippen molar-refractivity contribution in [3.63, 3.8) is 0 Å². The van der Waals surface area contributed by atoms with Crippen molar-refractivity contribution < 1.29 is 0 Å². The van der Waals surface area contributed by atoms with Gasteiger partial charge in [0.2, 0.25) is 0 Å². The summed E-state index contributed by atoms with van der Waals surface area (Å²) in [6, 6.07) is 0. The van der Waals surface area contributed by atoms with Crippen LogP contribution in [-0.2, 0) is 0 Å². The predicted octanol–water partition coefficient (Wildman–Crippen LogP) is 9.02. The summed E-state index contributed by atoms with van der Waals surface area (Å²) in [5.41, 5.74) is 1.45. The summed E-state index contributed by atoms with van der Waals surface area (Å²) in [5.74, 6) is 0.863. The summed E-state index contributed by atoms with van der Waals surface area (Å²) in [6.45, 7) is 18.7. The van der Waals surface area contributed by atoms with Crippen LogP contribution in [0, 0.1) is 5.92 Å². The third-order valence-corrected chi connectivity index (χ3v) is 5.14. The normalized spacial score (nSPS) is 11.9. The molecule has 0 aliphatic rings. The number of rotatable bonds is 19. The van der Waals surface area contributed by atoms with E-state index in [9.17, 15) is 0 Å². The lowest BCUT2D eigenvalue weighted by Crippen LogP contribution is -2.17. The third-order valence-electron chi connectivity index (χ3n) is 5.14. The molecule has 0 radical (unpaired) electrons. The maximum Gasteiger partial charge on any atom is -0.00117 e. The molecule has 0 aliphatic carbocycles. The largest absolute Gasteiger partial charge is 0.316 e. The van der Waals surface area contributed by atoms with Crippen LogP contribution < -0.4 is 5.32 Å². The first-order chi connectivity index (χ1) is 13.7. The highest BCUT2D eigenvalue weighted by Gasteiger charge is 2.07. The van der Waals surface area contributed by atoms with E-state index in [-0.39, 0.29) is 0 Å². The maximum absolute atomic E-state index is 4.31. The molecule has 28 heavy (non-hydrogen) atoms. The van der Waals surface area contributed by atoms with Crippen LogP contribution in [0.4, 0.5) is 0 Å². The summed E-state index contributed by atoms with van der Waals surface area (Å²) in [5, 5.41) is 3.58. The number of nitrogens with one attached hydrogen (secondary N) is 1. The van der Waals surface area contributed by atoms with Gasteiger partial charge in [0.25, 0.3) is 0 Å². The van der Waals surface area contributed by atoms with Crippen molar-refractivity contribution in [3.8, 4) is 0 Å². The van der Waals surface area contributed by atoms with E-state index >= 15 is 0 Å². The topological polar surface area (TPSA) is 12.0 Å². The number of hydrogen-bond donors (Lipinski definition) is 1. The van der Waals surface area contributed by atoms with Gasteiger partial charge in [-0.3, -0.25) is 0 Å². The molecule has 0 aromatic rings. The van der Waals surface area contributed by atoms with Gasteiger partial charge >= 0.3 is 0 Å². The van der Waals surface area contributed by atoms with Crippen molar-refractivity contribution >= 4 is 0 Å². The van der Waals surface area contributed by atoms with Crippen LogP contribution in [0.15, 0.2) is 37.0 Å². The van der Waals surface area contributed by atoms with Gasteiger partial charge in [-0.05, 0) is 64.5 Å². The molecular formula is C27H53N. The average molecular weight is 392 g/mol. The molecule has 0 spiro atoms. The molecule has 0 aromatic heterocycles. The third kappa shape index (κ3) is 25.2. The minimum Gasteiger partial charge on any atom is -0.316 e. The van der Waals surface area contributed by atoms with Crippen LogP contribution in [0.5, 0.6) is 0 Å². The lowest BCUT2D eigenvalue weighted by Gasteiger charge is -2.16. The van der Waals surface area contributed by atoms with Gasteiger partial charge in [-0.25, -0.2) is 0 Å². The van der Waals surface area contributed by atoms with E-state index in [1.807, 2.05) is 6.92 Å². The lowest BCUT2D eigenvalue weighted by atomic mass is 9.91. The van der Waals surface area contributed by atoms with Crippen LogP contribution in [-0.4, -0.2) is 13.1 Å². The Morgan fingerprint density at radius 3 is 2.07 bits per heavy atom. The molecule has 0 bridgehead atoms. The zero-order chi connectivity index (χ0) is 21.3. The smallest absolute Gasteiger partial charge is 0.00117 e. The van der Waals surface area contributed by atoms with Gasteiger partial charge in [0.1, 0.15) is 0 Å². The number of allylic oxidation sites excluding steroid dienone is 3. The molecule has 1 nitrogen and oxygen atoms in total. The Balaban J connectivity index is 0. The molecule has 1 unspecified atom stereocenters. The molecule has 0 aromatic carbocycles. The zero-order valence-corrected chi connectivity index (χ0v) is 20.0. The summed E-state index contributed by atoms with van der Waals surface area (Å²) in [7, 11) is 0. The zero-order valence-electron chi connectivity index (χ0n) is 20.0. The van der Waals surface area contributed by atoms with Crippen molar-refractivity contribution in [2.45, 2.75) is 118 Å². The van der Waals surface area contributed by atoms with Gasteiger partial charge in [0, 0.05) is 0 Å². The molecule has 0 aliphatic heterocycles. The van der Waals surface area contributed by atoms with Crippen LogP contribution >= 0.6 is 0 Å². The second kappa shape index (κ2) is 26.2. The Hall–Kier alpha value is -0.820. The molecule has 0 rings (SSSR count). The van der Waals surface area contributed by atoms with Gasteiger partial charge in [0.15, 0.2) is 0 Å². The van der Waals surface area contributed by atoms with Crippen LogP contribution in [0.25, 0.3) is 0 Å². The molecular weight excluding hydrogens is 338 g/mol. The van der Waals surface area contributed by atoms with Crippen LogP contribution in [0.2, 0.25) is 0 Å². The van der Waals surface area contributed by atoms with E-state index in [4.69, 9.17) is 0 Å². The highest BCUT2D eigenvalue weighted by Crippen LogP contribution is 2.22. The molecule has 1 atom stereocenters. The minimum absolute atomic E-state index is 0.863. The van der Waals surface area contributed by atoms with E-state index in [2.05, 4.69) is 51.4 Å². The summed E-state index contributed by atoms with van der Waals surface area (Å²) >= 11 is 0. The Morgan fingerprint density at radius 1 is 0.857 bits per heavy atom. The van der Waals surface area contributed by atoms with Gasteiger partial charge in [-0.2, -0.15) is 0 Å². The van der Waals surface area contributed by atoms with E-state index < -0.39 is 0 Å². The summed E-state index contributed by atoms with van der Waals surface area (Å²) < 4.78 is 0. The molecule has 166 valence electrons. The van der Waals surface area contributed by atoms with Crippen LogP contribution in [0.3, 0.4) is 0 Å². The van der Waals surface area contributed by atoms with E-state index in [1.165, 1.54) is 89.0 Å². The quantitative estimate of drug-likeness (QED) is 0.171. The molecule has 0 fully saturated rings. The van der Waals surface area contributed by atoms with Crippen LogP contribution in [0.1, 0.15) is 118 Å². The lowest BCUT2D eigenvalue weighted by molar-refractivity contribution is 0.436. The van der Waals surface area contributed by atoms with Gasteiger partial charge in [-0.15, -0.1) is 6.58 Å². The van der Waals surface area contributed by atoms with Crippen molar-refractivity contribution in [1.29, 1.82) is 0 Å². The fourth-order valence-corrected chi connectivity index (χ4v) is 3.30. The second-order valence-electron chi connectivity index (χ2n) is 8.10. The Bertz CT molecular complexity index is 342. The van der Waals surface area contributed by atoms with Gasteiger partial charge in [-0.1, -0.05) is 103 Å². The Kier molecular flexibility index (Phi) is 27.5. The highest BCUT2D eigenvalue weighted by molar-refractivity contribution is 4.96. The minimum atomic E-state index is 0.863. The van der Waals surface area contributed by atoms with E-state index in [1.54, 1.807) is 6.08 Å². The monoisotopic (exact) mass is 391 g/mol. The van der Waals surface area contributed by atoms with E-state index in [0.29, 0.717) is 0 Å². The van der Waals surface area contributed by atoms with Gasteiger partial charge in [0.05, 0.1) is 0 Å². The SMILES string of the molecule is C=C(CCNCCC/C=C\CCCCCC)CC(CC)CCCCC.C=CC. The standard InChI is InChI=1S/C24H47N.C3H6/c1-5-8-10-11-12-13-14-15-17-20-25-21-19-23(4)22-24(7-3)18-16-9-6-2;1-3-2/h13-14,24-25H,4-12,15-22H2,1-3H3;3H,1H2,2H3/b14-13-;. The maximum atomic E-state index is 4.31. The summed E-state index contributed by atoms with van der Waals surface area (Å²) in [4.78, 5) is 0. The molecule has 0 heterocycles. The molecule has 0 saturated heterocycles. The molecule has 1 N–H and O–H groups in total. The van der Waals surface area contributed by atoms with Crippen molar-refractivity contribution in [2.24, 2.45) is 5.92 Å². The molecule has 0 saturated carbocycles. The number of hydrogen-bond acceptors (Lipinski definition) is 1. The first-order valence-electron chi connectivity index (χ1n) is 12.2. The second-order valence-corrected chi connectivity index (χ2v) is 8.10. The Labute approximate surface area is 179 Å². The first kappa shape index (κ1) is 29.4. The number of unbranched alkanes of at least 4 members (excludes halogenated alkanes) is 7. The average Bonchev–Trinajstić information content (AvgIpc) is 2.68. The van der Waals surface area contributed by atoms with Crippen molar-refractivity contribution in [1.82, 2.24) is 5.32 Å². The molecule has 0 amide bonds. The summed E-state index contributed by atoms with van der Waals surface area (Å²) in [6.07, 6.45) is 24.9. The van der Waals surface area contributed by atoms with Gasteiger partial charge < -0.3 is 5.32 Å². The van der Waals surface area contributed by atoms with Crippen molar-refractivity contribution in [3.05, 3.63) is 37.0 Å². The van der Waals surface area contributed by atoms with Crippen molar-refractivity contribution in [2.75, 3.05) is 13.1 Å². The fourth-order valence-electron chi connectivity index (χ4n) is 3.30. The highest BCUT2D eigenvalue weighted by atomic mass is 14.8. The fraction of sp³-hybridized carbons (Fsp3) is 0.778. The molecule has 1 heteroatoms. The predicted molar refractivity (Wildman–Crippen MR) is 132 cm³/mol. The Morgan fingerprint density at radius 2 is 1.46 bits per heavy atom. The van der Waals surface area contributed by atoms with E-state index in [0.717, 1.165) is 25.4 Å².